The monoisotopic (exact) mass is 539 g/mol. The van der Waals surface area contributed by atoms with E-state index >= 15 is 0 Å². The summed E-state index contributed by atoms with van der Waals surface area (Å²) in [6, 6.07) is 8.94. The maximum absolute atomic E-state index is 14.0. The van der Waals surface area contributed by atoms with Crippen molar-refractivity contribution in [2.75, 3.05) is 20.3 Å². The van der Waals surface area contributed by atoms with Crippen molar-refractivity contribution in [2.45, 2.75) is 95.7 Å². The molecule has 2 unspecified atom stereocenters. The first kappa shape index (κ1) is 29.1. The molecule has 1 fully saturated rings. The fraction of sp³-hybridized carbons (Fsp3) is 0.645. The highest BCUT2D eigenvalue weighted by Crippen LogP contribution is 2.47. The summed E-state index contributed by atoms with van der Waals surface area (Å²) in [5, 5.41) is 2.78. The molecule has 8 nitrogen and oxygen atoms in total. The number of hydrogen-bond acceptors (Lipinski definition) is 5. The first-order chi connectivity index (χ1) is 18.6. The van der Waals surface area contributed by atoms with Crippen LogP contribution in [-0.4, -0.2) is 60.8 Å². The number of cyclic esters (lactones) is 1. The lowest BCUT2D eigenvalue weighted by molar-refractivity contribution is -0.141. The third-order valence-electron chi connectivity index (χ3n) is 8.85. The average molecular weight is 540 g/mol. The largest absolute Gasteiger partial charge is 0.450 e. The summed E-state index contributed by atoms with van der Waals surface area (Å²) in [6.45, 7) is 6.20. The van der Waals surface area contributed by atoms with E-state index in [1.165, 1.54) is 16.0 Å². The zero-order chi connectivity index (χ0) is 28.2. The second-order valence-corrected chi connectivity index (χ2v) is 12.5. The van der Waals surface area contributed by atoms with Gasteiger partial charge in [0.2, 0.25) is 11.8 Å². The molecule has 2 heterocycles. The topological polar surface area (TPSA) is 111 Å². The standard InChI is InChI=1S/C31H45N3O5/c1-30(2,3)26-28(36)34-20-31(38-4,19-25(34)27(32)35)23-15-16-24(21-12-9-7-10-13-21)22(18-23)14-8-5-6-11-17-39-29(37)33-26/h7,9-10,12-13,18,23-26H,5-6,8,11,14-17,19-20H2,1-4H3,(H2,32,35)(H,33,37)/t23?,24?,25-,26+,31-/m0/s1. The SMILES string of the molecule is CO[C@@]12C[C@@H](C(N)=O)N(C1)C(=O)[C@H](C(C)(C)C)NC(=O)OCCCCCCC1=CC2CCC1c1ccccc1. The number of fused-ring (bicyclic) bond motifs is 4. The summed E-state index contributed by atoms with van der Waals surface area (Å²) in [5.41, 5.74) is 7.25. The normalized spacial score (nSPS) is 31.1. The Balaban J connectivity index is 1.73. The van der Waals surface area contributed by atoms with Crippen LogP contribution >= 0.6 is 0 Å². The van der Waals surface area contributed by atoms with Gasteiger partial charge >= 0.3 is 6.09 Å². The summed E-state index contributed by atoms with van der Waals surface area (Å²) in [4.78, 5) is 40.9. The summed E-state index contributed by atoms with van der Waals surface area (Å²) >= 11 is 0. The average Bonchev–Trinajstić information content (AvgIpc) is 3.32. The van der Waals surface area contributed by atoms with Gasteiger partial charge in [-0.15, -0.1) is 0 Å². The highest BCUT2D eigenvalue weighted by molar-refractivity contribution is 5.92. The van der Waals surface area contributed by atoms with Gasteiger partial charge in [0.1, 0.15) is 12.1 Å². The lowest BCUT2D eigenvalue weighted by Crippen LogP contribution is -2.57. The molecule has 1 saturated heterocycles. The van der Waals surface area contributed by atoms with Crippen LogP contribution in [0.5, 0.6) is 0 Å². The second-order valence-electron chi connectivity index (χ2n) is 12.5. The fourth-order valence-electron chi connectivity index (χ4n) is 6.61. The molecule has 214 valence electrons. The number of primary amides is 1. The number of methoxy groups -OCH3 is 1. The van der Waals surface area contributed by atoms with E-state index in [1.54, 1.807) is 7.11 Å². The molecular weight excluding hydrogens is 494 g/mol. The van der Waals surface area contributed by atoms with E-state index in [-0.39, 0.29) is 18.4 Å². The predicted octanol–water partition coefficient (Wildman–Crippen LogP) is 4.68. The number of amides is 3. The Morgan fingerprint density at radius 3 is 2.49 bits per heavy atom. The van der Waals surface area contributed by atoms with Gasteiger partial charge in [0.15, 0.2) is 0 Å². The summed E-state index contributed by atoms with van der Waals surface area (Å²) in [5.74, 6) is -0.512. The molecule has 3 aliphatic rings. The van der Waals surface area contributed by atoms with Crippen LogP contribution in [0.25, 0.3) is 0 Å². The van der Waals surface area contributed by atoms with E-state index in [4.69, 9.17) is 15.2 Å². The highest BCUT2D eigenvalue weighted by atomic mass is 16.5. The van der Waals surface area contributed by atoms with Gasteiger partial charge < -0.3 is 25.4 Å². The molecule has 1 aromatic rings. The van der Waals surface area contributed by atoms with Gasteiger partial charge in [-0.25, -0.2) is 4.79 Å². The molecule has 0 aromatic heterocycles. The van der Waals surface area contributed by atoms with E-state index in [9.17, 15) is 14.4 Å². The zero-order valence-corrected chi connectivity index (χ0v) is 23.9. The predicted molar refractivity (Wildman–Crippen MR) is 150 cm³/mol. The number of ether oxygens (including phenoxy) is 2. The molecular formula is C31H45N3O5. The molecule has 5 atom stereocenters. The number of carbonyl (C=O) groups is 3. The third-order valence-corrected chi connectivity index (χ3v) is 8.85. The zero-order valence-electron chi connectivity index (χ0n) is 23.9. The van der Waals surface area contributed by atoms with Gasteiger partial charge in [-0.3, -0.25) is 9.59 Å². The molecule has 3 amide bonds. The van der Waals surface area contributed by atoms with E-state index in [1.807, 2.05) is 26.8 Å². The molecule has 0 spiro atoms. The quantitative estimate of drug-likeness (QED) is 0.542. The summed E-state index contributed by atoms with van der Waals surface area (Å²) in [6.07, 6.45) is 8.77. The van der Waals surface area contributed by atoms with Crippen LogP contribution in [0.4, 0.5) is 4.79 Å². The number of alkyl carbamates (subject to hydrolysis) is 1. The van der Waals surface area contributed by atoms with Crippen LogP contribution in [-0.2, 0) is 19.1 Å². The molecule has 0 radical (unpaired) electrons. The Bertz CT molecular complexity index is 1070. The number of rotatable bonds is 3. The van der Waals surface area contributed by atoms with Crippen LogP contribution in [0.3, 0.4) is 0 Å². The van der Waals surface area contributed by atoms with Crippen LogP contribution in [0.15, 0.2) is 42.0 Å². The van der Waals surface area contributed by atoms with Crippen molar-refractivity contribution in [1.29, 1.82) is 0 Å². The molecule has 39 heavy (non-hydrogen) atoms. The lowest BCUT2D eigenvalue weighted by Gasteiger charge is -2.40. The Labute approximate surface area is 232 Å². The smallest absolute Gasteiger partial charge is 0.407 e. The number of hydrogen-bond donors (Lipinski definition) is 2. The minimum absolute atomic E-state index is 0.0406. The second kappa shape index (κ2) is 12.1. The van der Waals surface area contributed by atoms with Gasteiger partial charge in [0.25, 0.3) is 0 Å². The van der Waals surface area contributed by atoms with Crippen molar-refractivity contribution in [3.8, 4) is 0 Å². The molecule has 3 N–H and O–H groups in total. The van der Waals surface area contributed by atoms with Crippen molar-refractivity contribution >= 4 is 17.9 Å². The van der Waals surface area contributed by atoms with Gasteiger partial charge in [0.05, 0.1) is 18.8 Å². The Hall–Kier alpha value is -2.87. The number of benzene rings is 1. The number of nitrogens with zero attached hydrogens (tertiary/aromatic N) is 1. The fourth-order valence-corrected chi connectivity index (χ4v) is 6.61. The molecule has 8 heteroatoms. The van der Waals surface area contributed by atoms with Crippen LogP contribution in [0, 0.1) is 11.3 Å². The summed E-state index contributed by atoms with van der Waals surface area (Å²) < 4.78 is 11.7. The molecule has 4 rings (SSSR count). The Morgan fingerprint density at radius 1 is 1.10 bits per heavy atom. The van der Waals surface area contributed by atoms with E-state index < -0.39 is 35.1 Å². The number of allylic oxidation sites excluding steroid dienone is 1. The molecule has 2 aliphatic heterocycles. The van der Waals surface area contributed by atoms with E-state index in [0.29, 0.717) is 18.9 Å². The van der Waals surface area contributed by atoms with Crippen LogP contribution in [0.2, 0.25) is 0 Å². The van der Waals surface area contributed by atoms with Crippen LogP contribution < -0.4 is 11.1 Å². The highest BCUT2D eigenvalue weighted by Gasteiger charge is 2.54. The minimum atomic E-state index is -0.880. The van der Waals surface area contributed by atoms with Gasteiger partial charge in [0, 0.05) is 25.4 Å². The number of nitrogens with two attached hydrogens (primary N) is 1. The molecule has 4 bridgehead atoms. The molecule has 1 aliphatic carbocycles. The number of nitrogens with one attached hydrogen (secondary N) is 1. The van der Waals surface area contributed by atoms with Crippen molar-refractivity contribution in [1.82, 2.24) is 10.2 Å². The van der Waals surface area contributed by atoms with Crippen molar-refractivity contribution in [3.05, 3.63) is 47.5 Å². The first-order valence-corrected chi connectivity index (χ1v) is 14.4. The maximum atomic E-state index is 14.0. The van der Waals surface area contributed by atoms with Crippen molar-refractivity contribution < 1.29 is 23.9 Å². The van der Waals surface area contributed by atoms with Crippen LogP contribution in [0.1, 0.15) is 83.6 Å². The lowest BCUT2D eigenvalue weighted by atomic mass is 9.71. The minimum Gasteiger partial charge on any atom is -0.450 e. The first-order valence-electron chi connectivity index (χ1n) is 14.4. The van der Waals surface area contributed by atoms with E-state index in [0.717, 1.165) is 44.9 Å². The van der Waals surface area contributed by atoms with E-state index in [2.05, 4.69) is 35.7 Å². The molecule has 1 aromatic carbocycles. The van der Waals surface area contributed by atoms with Gasteiger partial charge in [-0.2, -0.15) is 0 Å². The summed E-state index contributed by atoms with van der Waals surface area (Å²) in [7, 11) is 1.67. The maximum Gasteiger partial charge on any atom is 0.407 e. The van der Waals surface area contributed by atoms with Gasteiger partial charge in [-0.05, 0) is 43.1 Å². The third kappa shape index (κ3) is 6.48. The molecule has 0 saturated carbocycles. The van der Waals surface area contributed by atoms with Crippen molar-refractivity contribution in [2.24, 2.45) is 17.1 Å². The van der Waals surface area contributed by atoms with Crippen molar-refractivity contribution in [3.63, 3.8) is 0 Å². The number of carbonyl (C=O) groups excluding carboxylic acids is 3. The van der Waals surface area contributed by atoms with Gasteiger partial charge in [-0.1, -0.05) is 75.6 Å². The Kier molecular flexibility index (Phi) is 9.04. The Morgan fingerprint density at radius 2 is 1.82 bits per heavy atom.